The fraction of sp³-hybridized carbons (Fsp3) is 0.455. The van der Waals surface area contributed by atoms with Crippen molar-refractivity contribution >= 4 is 5.57 Å². The molecule has 0 aromatic heterocycles. The molecule has 2 aliphatic rings. The van der Waals surface area contributed by atoms with Crippen molar-refractivity contribution in [2.45, 2.75) is 55.2 Å². The molecule has 0 aliphatic heterocycles. The van der Waals surface area contributed by atoms with Gasteiger partial charge in [0.15, 0.2) is 0 Å². The van der Waals surface area contributed by atoms with E-state index in [2.05, 4.69) is 84.0 Å². The van der Waals surface area contributed by atoms with Crippen molar-refractivity contribution in [2.75, 3.05) is 0 Å². The van der Waals surface area contributed by atoms with E-state index >= 15 is 0 Å². The summed E-state index contributed by atoms with van der Waals surface area (Å²) in [5.74, 6) is 0. The van der Waals surface area contributed by atoms with Gasteiger partial charge in [0.05, 0.1) is 0 Å². The minimum Gasteiger partial charge on any atom is -1.00 e. The Balaban J connectivity index is 0.00000156. The van der Waals surface area contributed by atoms with Gasteiger partial charge >= 0.3 is 150 Å². The van der Waals surface area contributed by atoms with Crippen molar-refractivity contribution in [1.29, 1.82) is 0 Å². The Morgan fingerprint density at radius 2 is 1.72 bits per heavy atom. The smallest absolute Gasteiger partial charge is 1.00 e. The molecule has 0 spiro atoms. The number of rotatable bonds is 3. The van der Waals surface area contributed by atoms with Crippen molar-refractivity contribution in [3.63, 3.8) is 0 Å². The summed E-state index contributed by atoms with van der Waals surface area (Å²) in [5, 5.41) is 0. The Kier molecular flexibility index (Phi) is 8.01. The number of allylic oxidation sites excluding steroid dienone is 6. The quantitative estimate of drug-likeness (QED) is 0.635. The van der Waals surface area contributed by atoms with Crippen molar-refractivity contribution < 1.29 is 46.6 Å². The first-order valence-corrected chi connectivity index (χ1v) is 12.9. The molecule has 3 heteroatoms. The second-order valence-corrected chi connectivity index (χ2v) is 16.5. The normalized spacial score (nSPS) is 18.7. The maximum absolute atomic E-state index is 2.59. The van der Waals surface area contributed by atoms with Crippen LogP contribution in [0.2, 0.25) is 3.63 Å². The third-order valence-corrected chi connectivity index (χ3v) is 13.8. The number of halogens is 2. The standard InChI is InChI=1S/C10H9.C9H13.C3H7.2ClH.Zr/c1-8-6-7-9-4-2-3-5-10(8)9;1-9(2,3)8-6-4-5-7-8;1-3-2;;;/h2-7H,1H3;6-7H,4H2,1-3H3;3H,1-2H3;2*1H;/q;;;;;+2/p-2. The molecular weight excluding hydrogens is 426 g/mol. The van der Waals surface area contributed by atoms with Crippen LogP contribution in [0.5, 0.6) is 0 Å². The summed E-state index contributed by atoms with van der Waals surface area (Å²) in [6, 6.07) is 9.10. The van der Waals surface area contributed by atoms with Gasteiger partial charge in [0.2, 0.25) is 0 Å². The number of benzene rings is 1. The number of hydrogen-bond acceptors (Lipinski definition) is 0. The average molecular weight is 456 g/mol. The molecule has 1 unspecified atom stereocenters. The second kappa shape index (κ2) is 8.73. The molecule has 1 aromatic carbocycles. The molecule has 0 bridgehead atoms. The summed E-state index contributed by atoms with van der Waals surface area (Å²) in [7, 11) is 0. The average Bonchev–Trinajstić information content (AvgIpc) is 3.06. The number of hydrogen-bond donors (Lipinski definition) is 0. The summed E-state index contributed by atoms with van der Waals surface area (Å²) < 4.78 is 3.39. The van der Waals surface area contributed by atoms with E-state index in [1.54, 1.807) is 11.1 Å². The minimum absolute atomic E-state index is 0. The van der Waals surface area contributed by atoms with Crippen LogP contribution in [-0.4, -0.2) is 0 Å². The van der Waals surface area contributed by atoms with Gasteiger partial charge in [0.25, 0.3) is 0 Å². The topological polar surface area (TPSA) is 0 Å². The maximum Gasteiger partial charge on any atom is -1.00 e. The summed E-state index contributed by atoms with van der Waals surface area (Å²) in [5.41, 5.74) is 6.44. The van der Waals surface area contributed by atoms with Crippen LogP contribution in [-0.2, 0) is 21.8 Å². The predicted octanol–water partition coefficient (Wildman–Crippen LogP) is 0.859. The van der Waals surface area contributed by atoms with Crippen LogP contribution < -0.4 is 24.8 Å². The Labute approximate surface area is 174 Å². The molecule has 0 saturated carbocycles. The number of fused-ring (bicyclic) bond motifs is 1. The molecule has 1 atom stereocenters. The van der Waals surface area contributed by atoms with Gasteiger partial charge in [-0.25, -0.2) is 0 Å². The van der Waals surface area contributed by atoms with Crippen molar-refractivity contribution in [2.24, 2.45) is 5.41 Å². The Bertz CT molecular complexity index is 705. The second-order valence-electron chi connectivity index (χ2n) is 8.31. The zero-order valence-electron chi connectivity index (χ0n) is 16.2. The van der Waals surface area contributed by atoms with Gasteiger partial charge in [0.1, 0.15) is 0 Å². The molecule has 135 valence electrons. The summed E-state index contributed by atoms with van der Waals surface area (Å²) in [6.45, 7) is 14.2. The monoisotopic (exact) mass is 453 g/mol. The molecule has 0 heterocycles. The van der Waals surface area contributed by atoms with E-state index in [0.717, 1.165) is 7.25 Å². The Morgan fingerprint density at radius 1 is 1.08 bits per heavy atom. The van der Waals surface area contributed by atoms with E-state index < -0.39 is 21.8 Å². The summed E-state index contributed by atoms with van der Waals surface area (Å²) in [4.78, 5) is 0. The third kappa shape index (κ3) is 4.60. The molecule has 0 radical (unpaired) electrons. The van der Waals surface area contributed by atoms with E-state index in [-0.39, 0.29) is 30.2 Å². The van der Waals surface area contributed by atoms with Gasteiger partial charge < -0.3 is 24.8 Å². The molecule has 0 fully saturated rings. The van der Waals surface area contributed by atoms with Gasteiger partial charge in [-0.1, -0.05) is 0 Å². The molecule has 0 saturated heterocycles. The molecule has 0 amide bonds. The molecule has 0 N–H and O–H groups in total. The van der Waals surface area contributed by atoms with Crippen LogP contribution in [0.15, 0.2) is 51.3 Å². The fourth-order valence-electron chi connectivity index (χ4n) is 3.99. The van der Waals surface area contributed by atoms with E-state index in [4.69, 9.17) is 0 Å². The van der Waals surface area contributed by atoms with Crippen LogP contribution in [0.1, 0.15) is 62.7 Å². The first kappa shape index (κ1) is 22.9. The fourth-order valence-corrected chi connectivity index (χ4v) is 12.7. The first-order chi connectivity index (χ1) is 10.8. The zero-order valence-corrected chi connectivity index (χ0v) is 20.1. The SMILES string of the molecule is CC1=C[CH]([Zr+2]([C]2=CC(C(C)(C)C)=CC2)[CH](C)C)c2ccccc21.[Cl-].[Cl-]. The molecule has 25 heavy (non-hydrogen) atoms. The van der Waals surface area contributed by atoms with E-state index in [1.165, 1.54) is 17.6 Å². The van der Waals surface area contributed by atoms with Gasteiger partial charge in [-0.15, -0.1) is 0 Å². The van der Waals surface area contributed by atoms with Gasteiger partial charge in [-0.2, -0.15) is 0 Å². The van der Waals surface area contributed by atoms with Crippen molar-refractivity contribution in [3.05, 3.63) is 62.5 Å². The predicted molar refractivity (Wildman–Crippen MR) is 98.2 cm³/mol. The van der Waals surface area contributed by atoms with Gasteiger partial charge in [-0.3, -0.25) is 0 Å². The van der Waals surface area contributed by atoms with E-state index in [1.807, 2.05) is 3.28 Å². The van der Waals surface area contributed by atoms with Crippen molar-refractivity contribution in [3.8, 4) is 0 Å². The minimum atomic E-state index is -1.76. The van der Waals surface area contributed by atoms with Gasteiger partial charge in [0, 0.05) is 0 Å². The Morgan fingerprint density at radius 3 is 2.28 bits per heavy atom. The van der Waals surface area contributed by atoms with Crippen LogP contribution in [0, 0.1) is 5.41 Å². The molecule has 3 rings (SSSR count). The molecule has 0 nitrogen and oxygen atoms in total. The Hall–Kier alpha value is -0.0969. The molecular formula is C22H29Cl2Zr. The maximum atomic E-state index is 2.59. The summed E-state index contributed by atoms with van der Waals surface area (Å²) in [6.07, 6.45) is 8.88. The third-order valence-electron chi connectivity index (χ3n) is 5.20. The van der Waals surface area contributed by atoms with E-state index in [0.29, 0.717) is 0 Å². The van der Waals surface area contributed by atoms with Crippen LogP contribution in [0.25, 0.3) is 5.57 Å². The van der Waals surface area contributed by atoms with Crippen LogP contribution in [0.3, 0.4) is 0 Å². The zero-order chi connectivity index (χ0) is 16.8. The summed E-state index contributed by atoms with van der Waals surface area (Å²) >= 11 is -1.76. The molecule has 2 aliphatic carbocycles. The molecule has 1 aromatic rings. The largest absolute Gasteiger partial charge is 1.00 e. The van der Waals surface area contributed by atoms with Crippen LogP contribution >= 0.6 is 0 Å². The van der Waals surface area contributed by atoms with E-state index in [9.17, 15) is 0 Å². The van der Waals surface area contributed by atoms with Crippen LogP contribution in [0.4, 0.5) is 0 Å². The van der Waals surface area contributed by atoms with Gasteiger partial charge in [-0.05, 0) is 0 Å². The first-order valence-electron chi connectivity index (χ1n) is 8.85. The van der Waals surface area contributed by atoms with Crippen molar-refractivity contribution in [1.82, 2.24) is 0 Å².